The number of ether oxygens (including phenoxy) is 2. The van der Waals surface area contributed by atoms with E-state index < -0.39 is 29.0 Å². The summed E-state index contributed by atoms with van der Waals surface area (Å²) in [7, 11) is -3.97. The summed E-state index contributed by atoms with van der Waals surface area (Å²) in [6.45, 7) is 16.5. The molecule has 0 aromatic carbocycles. The first-order valence-corrected chi connectivity index (χ1v) is 15.3. The average molecular weight is 411 g/mol. The summed E-state index contributed by atoms with van der Waals surface area (Å²) in [4.78, 5) is 11.1. The quantitative estimate of drug-likeness (QED) is 0.154. The van der Waals surface area contributed by atoms with Crippen LogP contribution in [0.15, 0.2) is 12.7 Å². The zero-order chi connectivity index (χ0) is 19.5. The van der Waals surface area contributed by atoms with E-state index in [2.05, 4.69) is 46.6 Å². The summed E-state index contributed by atoms with van der Waals surface area (Å²) >= 11 is 1.48. The first-order valence-electron chi connectivity index (χ1n) is 8.57. The van der Waals surface area contributed by atoms with Gasteiger partial charge in [-0.1, -0.05) is 20.4 Å². The van der Waals surface area contributed by atoms with Gasteiger partial charge in [0.2, 0.25) is 0 Å². The van der Waals surface area contributed by atoms with Crippen LogP contribution in [0.3, 0.4) is 0 Å². The molecule has 1 N–H and O–H groups in total. The van der Waals surface area contributed by atoms with Crippen molar-refractivity contribution >= 4 is 34.9 Å². The van der Waals surface area contributed by atoms with Crippen LogP contribution in [-0.4, -0.2) is 59.1 Å². The van der Waals surface area contributed by atoms with E-state index in [4.69, 9.17) is 17.5 Å². The van der Waals surface area contributed by atoms with Gasteiger partial charge in [-0.2, -0.15) is 0 Å². The van der Waals surface area contributed by atoms with Crippen molar-refractivity contribution in [1.29, 1.82) is 0 Å². The van der Waals surface area contributed by atoms with Crippen LogP contribution in [0.5, 0.6) is 0 Å². The molecule has 0 aromatic heterocycles. The Morgan fingerprint density at radius 2 is 1.92 bits per heavy atom. The maximum atomic E-state index is 11.1. The fourth-order valence-corrected chi connectivity index (χ4v) is 10.7. The van der Waals surface area contributed by atoms with Crippen LogP contribution in [0.25, 0.3) is 0 Å². The highest BCUT2D eigenvalue weighted by Gasteiger charge is 2.37. The second-order valence-electron chi connectivity index (χ2n) is 7.20. The van der Waals surface area contributed by atoms with Crippen LogP contribution in [0.1, 0.15) is 20.3 Å². The summed E-state index contributed by atoms with van der Waals surface area (Å²) in [5.74, 6) is -0.565. The summed E-state index contributed by atoms with van der Waals surface area (Å²) in [5.41, 5.74) is 0. The van der Waals surface area contributed by atoms with Crippen molar-refractivity contribution in [3.63, 3.8) is 0 Å². The van der Waals surface area contributed by atoms with Gasteiger partial charge in [-0.3, -0.25) is 0 Å². The van der Waals surface area contributed by atoms with Gasteiger partial charge in [0.15, 0.2) is 8.32 Å². The van der Waals surface area contributed by atoms with E-state index >= 15 is 0 Å². The maximum Gasteiger partial charge on any atom is 0.338 e. The van der Waals surface area contributed by atoms with Crippen LogP contribution in [0.2, 0.25) is 32.2 Å². The second-order valence-corrected chi connectivity index (χ2v) is 16.8. The van der Waals surface area contributed by atoms with Crippen LogP contribution in [0, 0.1) is 0 Å². The number of aliphatic hydroxyl groups excluding tert-OH is 1. The number of esters is 1. The Bertz CT molecular complexity index is 403. The Balaban J connectivity index is 4.32. The van der Waals surface area contributed by atoms with Crippen molar-refractivity contribution in [2.45, 2.75) is 63.9 Å². The van der Waals surface area contributed by atoms with Crippen LogP contribution in [0.4, 0.5) is 0 Å². The van der Waals surface area contributed by atoms with Crippen molar-refractivity contribution in [3.8, 4) is 0 Å². The molecule has 0 aliphatic heterocycles. The molecule has 148 valence electrons. The molecule has 2 atom stereocenters. The predicted molar refractivity (Wildman–Crippen MR) is 107 cm³/mol. The molecule has 0 rings (SSSR count). The second kappa shape index (κ2) is 12.3. The van der Waals surface area contributed by atoms with Crippen molar-refractivity contribution in [2.24, 2.45) is 0 Å². The van der Waals surface area contributed by atoms with Crippen molar-refractivity contribution < 1.29 is 27.4 Å². The molecule has 0 saturated heterocycles. The molecule has 0 aliphatic carbocycles. The van der Waals surface area contributed by atoms with E-state index in [9.17, 15) is 9.90 Å². The number of hydrogen-bond donors (Lipinski definition) is 1. The summed E-state index contributed by atoms with van der Waals surface area (Å²) in [6.07, 6.45) is 1.19. The first-order chi connectivity index (χ1) is 11.5. The highest BCUT2D eigenvalue weighted by Crippen LogP contribution is 2.27. The van der Waals surface area contributed by atoms with Gasteiger partial charge in [-0.25, -0.2) is 4.79 Å². The van der Waals surface area contributed by atoms with Crippen LogP contribution < -0.4 is 0 Å². The number of rotatable bonds is 14. The molecular weight excluding hydrogens is 376 g/mol. The molecule has 0 saturated carbocycles. The van der Waals surface area contributed by atoms with Crippen molar-refractivity contribution in [3.05, 3.63) is 12.7 Å². The van der Waals surface area contributed by atoms with E-state index in [-0.39, 0.29) is 13.2 Å². The lowest BCUT2D eigenvalue weighted by atomic mass is 10.4. The predicted octanol–water partition coefficient (Wildman–Crippen LogP) is 3.48. The lowest BCUT2D eigenvalue weighted by molar-refractivity contribution is -0.148. The summed E-state index contributed by atoms with van der Waals surface area (Å²) in [6, 6.07) is 0.827. The first kappa shape index (κ1) is 24.8. The van der Waals surface area contributed by atoms with Gasteiger partial charge < -0.3 is 22.6 Å². The lowest BCUT2D eigenvalue weighted by Crippen LogP contribution is -2.46. The molecule has 0 heterocycles. The standard InChI is InChI=1S/C16H34O6SSi2/c1-8-16(18)20-15(12-17)13-19-10-9-11-25(7,21-23-14(2)3)22-24(4,5)6/h8,14-15,17H,1,9-13H2,2-7H3. The Morgan fingerprint density at radius 3 is 2.40 bits per heavy atom. The SMILES string of the molecule is C=CC(=O)OC(CO)COCCC[Si](C)(OSC(C)C)O[Si](C)(C)C. The minimum absolute atomic E-state index is 0.158. The third kappa shape index (κ3) is 13.7. The molecule has 0 spiro atoms. The van der Waals surface area contributed by atoms with Gasteiger partial charge in [0.25, 0.3) is 0 Å². The highest BCUT2D eigenvalue weighted by molar-refractivity contribution is 7.96. The lowest BCUT2D eigenvalue weighted by Gasteiger charge is -2.33. The van der Waals surface area contributed by atoms with E-state index in [0.29, 0.717) is 11.9 Å². The normalized spacial score (nSPS) is 15.7. The topological polar surface area (TPSA) is 74.2 Å². The van der Waals surface area contributed by atoms with Crippen molar-refractivity contribution in [2.75, 3.05) is 19.8 Å². The van der Waals surface area contributed by atoms with Crippen LogP contribution >= 0.6 is 12.0 Å². The highest BCUT2D eigenvalue weighted by atomic mass is 32.2. The van der Waals surface area contributed by atoms with Crippen molar-refractivity contribution in [1.82, 2.24) is 0 Å². The smallest absolute Gasteiger partial charge is 0.338 e. The number of hydrogen-bond acceptors (Lipinski definition) is 7. The molecule has 0 aromatic rings. The Morgan fingerprint density at radius 1 is 1.28 bits per heavy atom. The van der Waals surface area contributed by atoms with Gasteiger partial charge in [0.05, 0.1) is 13.2 Å². The fraction of sp³-hybridized carbons (Fsp3) is 0.812. The van der Waals surface area contributed by atoms with E-state index in [1.54, 1.807) is 0 Å². The van der Waals surface area contributed by atoms with E-state index in [1.165, 1.54) is 12.0 Å². The molecule has 6 nitrogen and oxygen atoms in total. The van der Waals surface area contributed by atoms with Gasteiger partial charge in [-0.15, -0.1) is 0 Å². The maximum absolute atomic E-state index is 11.1. The van der Waals surface area contributed by atoms with E-state index in [0.717, 1.165) is 18.5 Å². The molecule has 0 bridgehead atoms. The average Bonchev–Trinajstić information content (AvgIpc) is 2.49. The van der Waals surface area contributed by atoms with Gasteiger partial charge in [0.1, 0.15) is 6.10 Å². The zero-order valence-electron chi connectivity index (χ0n) is 16.4. The van der Waals surface area contributed by atoms with Gasteiger partial charge in [-0.05, 0) is 50.7 Å². The minimum Gasteiger partial charge on any atom is -0.454 e. The monoisotopic (exact) mass is 410 g/mol. The number of carbonyl (C=O) groups excluding carboxylic acids is 1. The molecule has 0 aliphatic rings. The molecule has 0 fully saturated rings. The third-order valence-electron chi connectivity index (χ3n) is 2.82. The molecule has 0 radical (unpaired) electrons. The molecule has 0 amide bonds. The largest absolute Gasteiger partial charge is 0.454 e. The van der Waals surface area contributed by atoms with Gasteiger partial charge in [0, 0.05) is 17.9 Å². The zero-order valence-corrected chi connectivity index (χ0v) is 19.2. The Kier molecular flexibility index (Phi) is 12.2. The molecule has 9 heteroatoms. The van der Waals surface area contributed by atoms with Crippen LogP contribution in [-0.2, 0) is 22.3 Å². The summed E-state index contributed by atoms with van der Waals surface area (Å²) in [5, 5.41) is 9.57. The Hall–Kier alpha value is -0.166. The van der Waals surface area contributed by atoms with E-state index in [1.807, 2.05) is 0 Å². The molecular formula is C16H34O6SSi2. The number of aliphatic hydroxyl groups is 1. The fourth-order valence-electron chi connectivity index (χ4n) is 2.00. The number of carbonyl (C=O) groups is 1. The molecule has 2 unspecified atom stereocenters. The molecule has 25 heavy (non-hydrogen) atoms. The van der Waals surface area contributed by atoms with Gasteiger partial charge >= 0.3 is 14.5 Å². The Labute approximate surface area is 158 Å². The summed E-state index contributed by atoms with van der Waals surface area (Å²) < 4.78 is 22.9. The third-order valence-corrected chi connectivity index (χ3v) is 10.4. The minimum atomic E-state index is -2.27.